The minimum absolute atomic E-state index is 0.0152. The topological polar surface area (TPSA) is 340 Å². The standard InChI is InChI=1S/C35H52N12O10/c1-18(2)31(53)41-14-23-27(50)28(51)29(52)30(57-23)34(56)38-12-7-11-22-33(55)43-20(10-6-13-39-35(36)37)32(54)42-15-24(48)40-16-25(49)44-26(19-8-4-3-5-9-19)21-17-47(22)46-45-21/h3-5,8-9,17-18,20,22-23,26-30,50-52H,6-7,10-16H2,1-2H3,(H,38,56)(H,40,48)(H,41,53)(H,42,54)(H,43,55)(H,44,49)(H4,36,37,39)/t20-,22?,23+,26?,27?,28?,29-,30?/m0/s1. The number of hydrogen-bond acceptors (Lipinski definition) is 13. The Balaban J connectivity index is 1.55. The third-order valence-corrected chi connectivity index (χ3v) is 9.26. The smallest absolute Gasteiger partial charge is 0.251 e. The molecule has 3 heterocycles. The number of guanidine groups is 1. The second kappa shape index (κ2) is 21.0. The number of aromatic nitrogens is 3. The molecule has 2 bridgehead atoms. The van der Waals surface area contributed by atoms with Crippen LogP contribution < -0.4 is 43.4 Å². The van der Waals surface area contributed by atoms with Gasteiger partial charge in [0.2, 0.25) is 29.5 Å². The summed E-state index contributed by atoms with van der Waals surface area (Å²) in [5.74, 6) is -4.24. The number of ether oxygens (including phenoxy) is 1. The maximum Gasteiger partial charge on any atom is 0.251 e. The number of nitrogens with one attached hydrogen (secondary N) is 6. The van der Waals surface area contributed by atoms with Crippen molar-refractivity contribution in [1.29, 1.82) is 0 Å². The van der Waals surface area contributed by atoms with Crippen LogP contribution in [0.15, 0.2) is 41.5 Å². The number of fused-ring (bicyclic) bond motifs is 2. The van der Waals surface area contributed by atoms with Crippen molar-refractivity contribution < 1.29 is 48.8 Å². The highest BCUT2D eigenvalue weighted by Gasteiger charge is 2.46. The molecule has 0 aliphatic carbocycles. The van der Waals surface area contributed by atoms with Crippen molar-refractivity contribution in [2.75, 3.05) is 32.7 Å². The van der Waals surface area contributed by atoms with E-state index in [1.54, 1.807) is 44.2 Å². The van der Waals surface area contributed by atoms with Gasteiger partial charge in [-0.05, 0) is 31.2 Å². The van der Waals surface area contributed by atoms with Gasteiger partial charge in [0.25, 0.3) is 5.91 Å². The van der Waals surface area contributed by atoms with E-state index in [1.165, 1.54) is 10.9 Å². The van der Waals surface area contributed by atoms with Crippen LogP contribution in [-0.2, 0) is 33.5 Å². The number of hydrogen-bond donors (Lipinski definition) is 11. The number of nitrogens with zero attached hydrogens (tertiary/aromatic N) is 4. The first-order chi connectivity index (χ1) is 27.2. The van der Waals surface area contributed by atoms with Crippen LogP contribution >= 0.6 is 0 Å². The quantitative estimate of drug-likeness (QED) is 0.0516. The molecule has 1 aromatic carbocycles. The Bertz CT molecular complexity index is 1740. The molecule has 13 N–H and O–H groups in total. The van der Waals surface area contributed by atoms with Gasteiger partial charge in [0.1, 0.15) is 42.2 Å². The van der Waals surface area contributed by atoms with Crippen molar-refractivity contribution in [2.24, 2.45) is 22.4 Å². The molecule has 57 heavy (non-hydrogen) atoms. The molecule has 4 rings (SSSR count). The molecule has 1 saturated heterocycles. The van der Waals surface area contributed by atoms with Gasteiger partial charge in [0, 0.05) is 25.6 Å². The molecule has 6 amide bonds. The first-order valence-corrected chi connectivity index (χ1v) is 18.6. The van der Waals surface area contributed by atoms with E-state index >= 15 is 0 Å². The highest BCUT2D eigenvalue weighted by Crippen LogP contribution is 2.24. The molecule has 2 aliphatic rings. The van der Waals surface area contributed by atoms with Crippen LogP contribution in [0.25, 0.3) is 0 Å². The summed E-state index contributed by atoms with van der Waals surface area (Å²) in [4.78, 5) is 82.0. The summed E-state index contributed by atoms with van der Waals surface area (Å²) in [5.41, 5.74) is 11.7. The average Bonchev–Trinajstić information content (AvgIpc) is 3.67. The minimum atomic E-state index is -1.79. The van der Waals surface area contributed by atoms with Gasteiger partial charge < -0.3 is 63.4 Å². The predicted molar refractivity (Wildman–Crippen MR) is 200 cm³/mol. The van der Waals surface area contributed by atoms with Gasteiger partial charge in [0.15, 0.2) is 12.1 Å². The molecule has 5 unspecified atom stereocenters. The van der Waals surface area contributed by atoms with Gasteiger partial charge in [-0.25, -0.2) is 4.68 Å². The first-order valence-electron chi connectivity index (χ1n) is 18.6. The monoisotopic (exact) mass is 800 g/mol. The van der Waals surface area contributed by atoms with Crippen LogP contribution in [0.3, 0.4) is 0 Å². The lowest BCUT2D eigenvalue weighted by Crippen LogP contribution is -2.63. The summed E-state index contributed by atoms with van der Waals surface area (Å²) in [5, 5.41) is 55.5. The van der Waals surface area contributed by atoms with E-state index < -0.39 is 91.3 Å². The lowest BCUT2D eigenvalue weighted by atomic mass is 9.94. The Morgan fingerprint density at radius 1 is 0.930 bits per heavy atom. The van der Waals surface area contributed by atoms with Crippen molar-refractivity contribution >= 4 is 41.4 Å². The van der Waals surface area contributed by atoms with E-state index in [2.05, 4.69) is 47.2 Å². The van der Waals surface area contributed by atoms with E-state index in [0.29, 0.717) is 5.56 Å². The van der Waals surface area contributed by atoms with Crippen LogP contribution in [0.1, 0.15) is 62.9 Å². The summed E-state index contributed by atoms with van der Waals surface area (Å²) in [6, 6.07) is 5.72. The molecule has 22 nitrogen and oxygen atoms in total. The van der Waals surface area contributed by atoms with Crippen LogP contribution in [0.5, 0.6) is 0 Å². The number of aliphatic imine (C=N–C) groups is 1. The summed E-state index contributed by atoms with van der Waals surface area (Å²) in [6.45, 7) is 2.29. The van der Waals surface area contributed by atoms with Crippen LogP contribution in [0, 0.1) is 5.92 Å². The molecule has 2 aromatic rings. The molecule has 1 fully saturated rings. The highest BCUT2D eigenvalue weighted by atomic mass is 16.5. The summed E-state index contributed by atoms with van der Waals surface area (Å²) in [7, 11) is 0. The molecule has 8 atom stereocenters. The molecular weight excluding hydrogens is 748 g/mol. The second-order valence-corrected chi connectivity index (χ2v) is 14.0. The molecule has 0 spiro atoms. The number of aliphatic hydroxyl groups is 3. The van der Waals surface area contributed by atoms with E-state index in [-0.39, 0.29) is 68.8 Å². The molecule has 2 aliphatic heterocycles. The van der Waals surface area contributed by atoms with E-state index in [1.807, 2.05) is 0 Å². The van der Waals surface area contributed by atoms with Gasteiger partial charge in [-0.15, -0.1) is 5.10 Å². The van der Waals surface area contributed by atoms with E-state index in [4.69, 9.17) is 16.2 Å². The van der Waals surface area contributed by atoms with Gasteiger partial charge in [-0.3, -0.25) is 33.8 Å². The SMILES string of the molecule is CC(C)C(=O)NC[C@H]1OC(C(=O)NCCCC2C(=O)N[C@@H](CCCN=C(N)N)C(=O)NCC(=O)NCC(=O)NC(c3ccccc3)c3cn2nn3)[C@@H](O)C(O)C1O. The largest absolute Gasteiger partial charge is 0.388 e. The number of aliphatic hydroxyl groups excluding tert-OH is 3. The van der Waals surface area contributed by atoms with Crippen molar-refractivity contribution in [3.8, 4) is 0 Å². The van der Waals surface area contributed by atoms with E-state index in [9.17, 15) is 44.1 Å². The van der Waals surface area contributed by atoms with Crippen molar-refractivity contribution in [1.82, 2.24) is 46.9 Å². The minimum Gasteiger partial charge on any atom is -0.388 e. The average molecular weight is 801 g/mol. The van der Waals surface area contributed by atoms with Crippen molar-refractivity contribution in [3.05, 3.63) is 47.8 Å². The van der Waals surface area contributed by atoms with Crippen molar-refractivity contribution in [3.63, 3.8) is 0 Å². The molecule has 0 radical (unpaired) electrons. The number of carbonyl (C=O) groups excluding carboxylic acids is 6. The number of benzene rings is 1. The summed E-state index contributed by atoms with van der Waals surface area (Å²) < 4.78 is 6.89. The maximum atomic E-state index is 14.0. The molecule has 312 valence electrons. The van der Waals surface area contributed by atoms with Crippen LogP contribution in [-0.4, -0.2) is 141 Å². The first kappa shape index (κ1) is 44.0. The molecule has 0 saturated carbocycles. The fourth-order valence-corrected chi connectivity index (χ4v) is 6.07. The zero-order valence-corrected chi connectivity index (χ0v) is 31.7. The summed E-state index contributed by atoms with van der Waals surface area (Å²) >= 11 is 0. The number of carbonyl (C=O) groups is 6. The Kier molecular flexibility index (Phi) is 16.2. The second-order valence-electron chi connectivity index (χ2n) is 14.0. The Morgan fingerprint density at radius 3 is 2.35 bits per heavy atom. The highest BCUT2D eigenvalue weighted by molar-refractivity contribution is 5.92. The third kappa shape index (κ3) is 12.6. The zero-order valence-electron chi connectivity index (χ0n) is 31.7. The lowest BCUT2D eigenvalue weighted by Gasteiger charge is -2.40. The fourth-order valence-electron chi connectivity index (χ4n) is 6.07. The zero-order chi connectivity index (χ0) is 41.6. The predicted octanol–water partition coefficient (Wildman–Crippen LogP) is -4.67. The Labute approximate surface area is 327 Å². The Hall–Kier alpha value is -5.71. The van der Waals surface area contributed by atoms with Crippen LogP contribution in [0.2, 0.25) is 0 Å². The molecular formula is C35H52N12O10. The third-order valence-electron chi connectivity index (χ3n) is 9.26. The van der Waals surface area contributed by atoms with Gasteiger partial charge in [0.05, 0.1) is 25.3 Å². The maximum absolute atomic E-state index is 14.0. The van der Waals surface area contributed by atoms with Crippen LogP contribution in [0.4, 0.5) is 0 Å². The summed E-state index contributed by atoms with van der Waals surface area (Å²) in [6.07, 6.45) is -5.96. The fraction of sp³-hybridized carbons (Fsp3) is 0.571. The molecule has 1 aromatic heterocycles. The van der Waals surface area contributed by atoms with Gasteiger partial charge >= 0.3 is 0 Å². The molecule has 22 heteroatoms. The van der Waals surface area contributed by atoms with Crippen molar-refractivity contribution in [2.45, 2.75) is 88.2 Å². The van der Waals surface area contributed by atoms with Gasteiger partial charge in [-0.2, -0.15) is 0 Å². The number of rotatable bonds is 13. The van der Waals surface area contributed by atoms with Gasteiger partial charge in [-0.1, -0.05) is 49.4 Å². The number of nitrogens with two attached hydrogens (primary N) is 2. The lowest BCUT2D eigenvalue weighted by molar-refractivity contribution is -0.219. The number of amides is 6. The normalized spacial score (nSPS) is 26.0. The van der Waals surface area contributed by atoms with E-state index in [0.717, 1.165) is 0 Å². The Morgan fingerprint density at radius 2 is 1.65 bits per heavy atom.